The minimum Gasteiger partial charge on any atom is -0.478 e. The molecule has 2 heterocycles. The molecule has 2 unspecified atom stereocenters. The van der Waals surface area contributed by atoms with Crippen LogP contribution < -0.4 is 9.64 Å². The molecule has 0 radical (unpaired) electrons. The Kier molecular flexibility index (Phi) is 6.22. The summed E-state index contributed by atoms with van der Waals surface area (Å²) in [4.78, 5) is 41.1. The lowest BCUT2D eigenvalue weighted by Crippen LogP contribution is -2.33. The average molecular weight is 461 g/mol. The second-order valence-electron chi connectivity index (χ2n) is 6.00. The number of hydrogen-bond donors (Lipinski definition) is 1. The zero-order valence-corrected chi connectivity index (χ0v) is 16.4. The third-order valence-corrected chi connectivity index (χ3v) is 5.42. The van der Waals surface area contributed by atoms with Crippen molar-refractivity contribution in [3.63, 3.8) is 0 Å². The number of halogens is 4. The van der Waals surface area contributed by atoms with Gasteiger partial charge in [-0.2, -0.15) is 8.78 Å². The Labute approximate surface area is 176 Å². The van der Waals surface area contributed by atoms with Gasteiger partial charge < -0.3 is 9.84 Å². The van der Waals surface area contributed by atoms with Gasteiger partial charge in [-0.25, -0.2) is 19.1 Å². The molecule has 1 aliphatic rings. The van der Waals surface area contributed by atoms with Crippen LogP contribution in [0.5, 0.6) is 5.75 Å². The summed E-state index contributed by atoms with van der Waals surface area (Å²) >= 11 is 5.57. The largest absolute Gasteiger partial charge is 0.478 e. The molecule has 0 bridgehead atoms. The Balaban J connectivity index is 1.76. The maximum Gasteiger partial charge on any atom is 0.444 e. The van der Waals surface area contributed by atoms with Gasteiger partial charge in [0.05, 0.1) is 16.5 Å². The maximum absolute atomic E-state index is 13.2. The van der Waals surface area contributed by atoms with Gasteiger partial charge in [-0.05, 0) is 36.4 Å². The van der Waals surface area contributed by atoms with Gasteiger partial charge in [0, 0.05) is 12.6 Å². The highest BCUT2D eigenvalue weighted by molar-refractivity contribution is 8.00. The molecule has 12 heteroatoms. The van der Waals surface area contributed by atoms with Crippen LogP contribution >= 0.6 is 23.4 Å². The number of benzene rings is 1. The minimum atomic E-state index is -4.26. The third kappa shape index (κ3) is 4.51. The maximum atomic E-state index is 13.2. The van der Waals surface area contributed by atoms with Gasteiger partial charge in [0.15, 0.2) is 0 Å². The molecule has 0 spiro atoms. The van der Waals surface area contributed by atoms with Gasteiger partial charge in [-0.3, -0.25) is 9.59 Å². The van der Waals surface area contributed by atoms with Crippen LogP contribution in [0.25, 0.3) is 0 Å². The number of carbonyl (C=O) groups is 3. The highest BCUT2D eigenvalue weighted by Crippen LogP contribution is 2.35. The number of amides is 2. The topological polar surface area (TPSA) is 96.8 Å². The van der Waals surface area contributed by atoms with E-state index in [2.05, 4.69) is 9.72 Å². The quantitative estimate of drug-likeness (QED) is 0.497. The van der Waals surface area contributed by atoms with Gasteiger partial charge in [0.2, 0.25) is 11.8 Å². The summed E-state index contributed by atoms with van der Waals surface area (Å²) in [6.45, 7) is 0. The van der Waals surface area contributed by atoms with Gasteiger partial charge >= 0.3 is 12.1 Å². The molecule has 2 amide bonds. The molecule has 3 rings (SSSR count). The molecular formula is C18H12ClF3N2O5S. The predicted molar refractivity (Wildman–Crippen MR) is 101 cm³/mol. The number of pyridine rings is 1. The Bertz CT molecular complexity index is 990. The highest BCUT2D eigenvalue weighted by Gasteiger charge is 2.43. The molecule has 2 aromatic rings. The lowest BCUT2D eigenvalue weighted by molar-refractivity contribution is -0.199. The number of aromatic carboxylic acids is 1. The minimum absolute atomic E-state index is 0.0887. The first kappa shape index (κ1) is 21.9. The number of carboxylic acid groups (broad SMARTS) is 1. The standard InChI is InChI=1S/C18H12ClF3N2O5S/c19-17(20)18(21,22)29-10-5-3-9(4-6-10)24-13(25)8-12(15(24)26)30-14-11(16(27)28)2-1-7-23-14/h1-7,12,17H,8H2,(H,27,28). The molecule has 7 nitrogen and oxygen atoms in total. The Morgan fingerprint density at radius 3 is 2.57 bits per heavy atom. The van der Waals surface area contributed by atoms with E-state index >= 15 is 0 Å². The number of rotatable bonds is 7. The fourth-order valence-corrected chi connectivity index (χ4v) is 3.76. The number of carbonyl (C=O) groups excluding carboxylic acids is 2. The summed E-state index contributed by atoms with van der Waals surface area (Å²) in [6, 6.07) is 7.19. The van der Waals surface area contributed by atoms with Crippen molar-refractivity contribution in [1.82, 2.24) is 4.98 Å². The molecule has 30 heavy (non-hydrogen) atoms. The van der Waals surface area contributed by atoms with E-state index in [0.717, 1.165) is 28.8 Å². The van der Waals surface area contributed by atoms with Crippen molar-refractivity contribution in [2.45, 2.75) is 28.4 Å². The van der Waals surface area contributed by atoms with Crippen LogP contribution in [0.1, 0.15) is 16.8 Å². The first-order chi connectivity index (χ1) is 14.1. The molecular weight excluding hydrogens is 449 g/mol. The number of carboxylic acids is 1. The van der Waals surface area contributed by atoms with Crippen LogP contribution in [0.2, 0.25) is 0 Å². The number of imide groups is 1. The van der Waals surface area contributed by atoms with Crippen LogP contribution in [-0.2, 0) is 9.59 Å². The van der Waals surface area contributed by atoms with Crippen molar-refractivity contribution >= 4 is 46.8 Å². The molecule has 1 aliphatic heterocycles. The van der Waals surface area contributed by atoms with E-state index in [9.17, 15) is 32.7 Å². The van der Waals surface area contributed by atoms with Crippen molar-refractivity contribution in [1.29, 1.82) is 0 Å². The smallest absolute Gasteiger partial charge is 0.444 e. The molecule has 158 valence electrons. The molecule has 0 saturated carbocycles. The van der Waals surface area contributed by atoms with Gasteiger partial charge in [-0.15, -0.1) is 0 Å². The normalized spacial score (nSPS) is 17.9. The molecule has 2 atom stereocenters. The van der Waals surface area contributed by atoms with Crippen LogP contribution in [0.3, 0.4) is 0 Å². The number of thioether (sulfide) groups is 1. The predicted octanol–water partition coefficient (Wildman–Crippen LogP) is 3.71. The summed E-state index contributed by atoms with van der Waals surface area (Å²) in [6.07, 6.45) is -3.09. The number of alkyl halides is 4. The summed E-state index contributed by atoms with van der Waals surface area (Å²) in [7, 11) is 0. The molecule has 1 aromatic heterocycles. The van der Waals surface area contributed by atoms with Crippen molar-refractivity contribution in [3.8, 4) is 5.75 Å². The molecule has 1 aromatic carbocycles. The van der Waals surface area contributed by atoms with Crippen molar-refractivity contribution < 1.29 is 37.4 Å². The Hall–Kier alpha value is -2.79. The van der Waals surface area contributed by atoms with E-state index in [1.165, 1.54) is 30.5 Å². The van der Waals surface area contributed by atoms with Crippen molar-refractivity contribution in [2.75, 3.05) is 4.90 Å². The van der Waals surface area contributed by atoms with Crippen LogP contribution in [-0.4, -0.2) is 44.9 Å². The lowest BCUT2D eigenvalue weighted by Gasteiger charge is -2.19. The van der Waals surface area contributed by atoms with Crippen LogP contribution in [0.15, 0.2) is 47.6 Å². The number of ether oxygens (including phenoxy) is 1. The average Bonchev–Trinajstić information content (AvgIpc) is 2.95. The zero-order valence-electron chi connectivity index (χ0n) is 14.8. The SMILES string of the molecule is O=C(O)c1cccnc1SC1CC(=O)N(c2ccc(OC(F)(F)C(F)Cl)cc2)C1=O. The number of anilines is 1. The van der Waals surface area contributed by atoms with Crippen LogP contribution in [0, 0.1) is 0 Å². The summed E-state index contributed by atoms with van der Waals surface area (Å²) < 4.78 is 43.2. The van der Waals surface area contributed by atoms with E-state index in [1.54, 1.807) is 0 Å². The number of hydrogen-bond acceptors (Lipinski definition) is 6. The molecule has 1 N–H and O–H groups in total. The van der Waals surface area contributed by atoms with Gasteiger partial charge in [-0.1, -0.05) is 23.4 Å². The molecule has 1 saturated heterocycles. The first-order valence-corrected chi connectivity index (χ1v) is 9.58. The van der Waals surface area contributed by atoms with Crippen molar-refractivity contribution in [3.05, 3.63) is 48.2 Å². The van der Waals surface area contributed by atoms with E-state index in [0.29, 0.717) is 0 Å². The van der Waals surface area contributed by atoms with E-state index < -0.39 is 40.5 Å². The fraction of sp³-hybridized carbons (Fsp3) is 0.222. The monoisotopic (exact) mass is 460 g/mol. The van der Waals surface area contributed by atoms with E-state index in [4.69, 9.17) is 11.6 Å². The van der Waals surface area contributed by atoms with E-state index in [1.807, 2.05) is 0 Å². The highest BCUT2D eigenvalue weighted by atomic mass is 35.5. The van der Waals surface area contributed by atoms with Crippen LogP contribution in [0.4, 0.5) is 18.9 Å². The summed E-state index contributed by atoms with van der Waals surface area (Å²) in [5.41, 5.74) is -3.07. The second-order valence-corrected chi connectivity index (χ2v) is 7.57. The van der Waals surface area contributed by atoms with Gasteiger partial charge in [0.25, 0.3) is 5.63 Å². The Morgan fingerprint density at radius 1 is 1.30 bits per heavy atom. The van der Waals surface area contributed by atoms with Gasteiger partial charge in [0.1, 0.15) is 10.8 Å². The lowest BCUT2D eigenvalue weighted by atomic mass is 10.3. The second kappa shape index (κ2) is 8.52. The van der Waals surface area contributed by atoms with Crippen molar-refractivity contribution in [2.24, 2.45) is 0 Å². The molecule has 1 fully saturated rings. The number of nitrogens with zero attached hydrogens (tertiary/aromatic N) is 2. The first-order valence-electron chi connectivity index (χ1n) is 8.27. The molecule has 0 aliphatic carbocycles. The fourth-order valence-electron chi connectivity index (χ4n) is 2.61. The Morgan fingerprint density at radius 2 is 1.97 bits per heavy atom. The number of aromatic nitrogens is 1. The zero-order chi connectivity index (χ0) is 22.1. The van der Waals surface area contributed by atoms with E-state index in [-0.39, 0.29) is 22.7 Å². The third-order valence-electron chi connectivity index (χ3n) is 3.96. The summed E-state index contributed by atoms with van der Waals surface area (Å²) in [5, 5.41) is 8.40. The summed E-state index contributed by atoms with van der Waals surface area (Å²) in [5.74, 6) is -2.82.